The minimum absolute atomic E-state index is 0.0525. The van der Waals surface area contributed by atoms with E-state index in [1.807, 2.05) is 40.5 Å². The average molecular weight is 366 g/mol. The lowest BCUT2D eigenvalue weighted by Crippen LogP contribution is -2.50. The first-order valence-corrected chi connectivity index (χ1v) is 9.74. The highest BCUT2D eigenvalue weighted by Crippen LogP contribution is 2.20. The van der Waals surface area contributed by atoms with Gasteiger partial charge in [-0.3, -0.25) is 14.3 Å². The van der Waals surface area contributed by atoms with Gasteiger partial charge in [-0.1, -0.05) is 17.2 Å². The molecule has 1 aromatic heterocycles. The molecule has 0 saturated carbocycles. The van der Waals surface area contributed by atoms with E-state index in [2.05, 4.69) is 11.2 Å². The average Bonchev–Trinajstić information content (AvgIpc) is 3.10. The number of amides is 2. The van der Waals surface area contributed by atoms with Crippen molar-refractivity contribution >= 4 is 11.8 Å². The van der Waals surface area contributed by atoms with Gasteiger partial charge in [-0.05, 0) is 45.2 Å². The van der Waals surface area contributed by atoms with E-state index in [1.165, 1.54) is 0 Å². The highest BCUT2D eigenvalue weighted by molar-refractivity contribution is 5.96. The maximum absolute atomic E-state index is 12.9. The van der Waals surface area contributed by atoms with Crippen LogP contribution in [0.4, 0.5) is 0 Å². The number of rotatable bonds is 2. The fourth-order valence-corrected chi connectivity index (χ4v) is 4.16. The van der Waals surface area contributed by atoms with Crippen molar-refractivity contribution < 1.29 is 9.59 Å². The molecule has 0 aliphatic carbocycles. The van der Waals surface area contributed by atoms with Crippen LogP contribution >= 0.6 is 0 Å². The SMILES string of the molecule is Cc1cc(C)cc(C(=O)N2CCN(C(=O)c3cnn4c3CCCC4)CC2)c1. The molecule has 2 amide bonds. The van der Waals surface area contributed by atoms with Gasteiger partial charge in [0.15, 0.2) is 0 Å². The monoisotopic (exact) mass is 366 g/mol. The highest BCUT2D eigenvalue weighted by atomic mass is 16.2. The van der Waals surface area contributed by atoms with Gasteiger partial charge in [0.2, 0.25) is 0 Å². The van der Waals surface area contributed by atoms with Gasteiger partial charge in [-0.25, -0.2) is 0 Å². The molecular weight excluding hydrogens is 340 g/mol. The van der Waals surface area contributed by atoms with Gasteiger partial charge < -0.3 is 9.80 Å². The predicted octanol–water partition coefficient (Wildman–Crippen LogP) is 2.43. The van der Waals surface area contributed by atoms with Crippen LogP contribution in [0.1, 0.15) is 50.4 Å². The van der Waals surface area contributed by atoms with Crippen LogP contribution < -0.4 is 0 Å². The van der Waals surface area contributed by atoms with Crippen molar-refractivity contribution in [2.45, 2.75) is 39.7 Å². The molecule has 0 atom stereocenters. The number of hydrogen-bond acceptors (Lipinski definition) is 3. The third-order valence-electron chi connectivity index (χ3n) is 5.54. The molecule has 0 radical (unpaired) electrons. The number of benzene rings is 1. The maximum Gasteiger partial charge on any atom is 0.257 e. The Morgan fingerprint density at radius 2 is 1.48 bits per heavy atom. The standard InChI is InChI=1S/C21H26N4O2/c1-15-11-16(2)13-17(12-15)20(26)23-7-9-24(10-8-23)21(27)18-14-22-25-6-4-3-5-19(18)25/h11-14H,3-10H2,1-2H3. The molecule has 4 rings (SSSR count). The van der Waals surface area contributed by atoms with Gasteiger partial charge in [0.1, 0.15) is 0 Å². The van der Waals surface area contributed by atoms with E-state index in [1.54, 1.807) is 6.20 Å². The zero-order valence-corrected chi connectivity index (χ0v) is 16.1. The number of aromatic nitrogens is 2. The molecular formula is C21H26N4O2. The Hall–Kier alpha value is -2.63. The smallest absolute Gasteiger partial charge is 0.257 e. The fraction of sp³-hybridized carbons (Fsp3) is 0.476. The predicted molar refractivity (Wildman–Crippen MR) is 103 cm³/mol. The lowest BCUT2D eigenvalue weighted by atomic mass is 10.1. The molecule has 27 heavy (non-hydrogen) atoms. The quantitative estimate of drug-likeness (QED) is 0.820. The van der Waals surface area contributed by atoms with Crippen LogP contribution in [0.2, 0.25) is 0 Å². The minimum Gasteiger partial charge on any atom is -0.335 e. The maximum atomic E-state index is 12.9. The van der Waals surface area contributed by atoms with Gasteiger partial charge in [0.25, 0.3) is 11.8 Å². The van der Waals surface area contributed by atoms with Gasteiger partial charge in [0, 0.05) is 38.3 Å². The fourth-order valence-electron chi connectivity index (χ4n) is 4.16. The molecule has 2 aliphatic heterocycles. The van der Waals surface area contributed by atoms with Crippen LogP contribution in [0.15, 0.2) is 24.4 Å². The van der Waals surface area contributed by atoms with Crippen molar-refractivity contribution in [3.63, 3.8) is 0 Å². The molecule has 142 valence electrons. The summed E-state index contributed by atoms with van der Waals surface area (Å²) in [6.07, 6.45) is 4.88. The highest BCUT2D eigenvalue weighted by Gasteiger charge is 2.28. The first kappa shape index (κ1) is 17.8. The molecule has 1 fully saturated rings. The van der Waals surface area contributed by atoms with E-state index in [-0.39, 0.29) is 11.8 Å². The summed E-state index contributed by atoms with van der Waals surface area (Å²) in [4.78, 5) is 29.5. The number of carbonyl (C=O) groups is 2. The first-order valence-electron chi connectivity index (χ1n) is 9.74. The number of nitrogens with zero attached hydrogens (tertiary/aromatic N) is 4. The van der Waals surface area contributed by atoms with Crippen molar-refractivity contribution in [1.82, 2.24) is 19.6 Å². The molecule has 0 unspecified atom stereocenters. The molecule has 6 nitrogen and oxygen atoms in total. The number of piperazine rings is 1. The summed E-state index contributed by atoms with van der Waals surface area (Å²) in [5.74, 6) is 0.105. The van der Waals surface area contributed by atoms with E-state index < -0.39 is 0 Å². The first-order chi connectivity index (χ1) is 13.0. The summed E-state index contributed by atoms with van der Waals surface area (Å²) in [7, 11) is 0. The van der Waals surface area contributed by atoms with Gasteiger partial charge in [-0.2, -0.15) is 5.10 Å². The summed E-state index contributed by atoms with van der Waals surface area (Å²) in [5.41, 5.74) is 4.73. The summed E-state index contributed by atoms with van der Waals surface area (Å²) in [6, 6.07) is 5.94. The molecule has 0 spiro atoms. The molecule has 2 aliphatic rings. The second-order valence-corrected chi connectivity index (χ2v) is 7.65. The number of hydrogen-bond donors (Lipinski definition) is 0. The number of aryl methyl sites for hydroxylation is 3. The Bertz CT molecular complexity index is 858. The van der Waals surface area contributed by atoms with E-state index in [0.717, 1.165) is 53.8 Å². The van der Waals surface area contributed by atoms with Gasteiger partial charge in [0.05, 0.1) is 17.5 Å². The minimum atomic E-state index is 0.0525. The molecule has 0 N–H and O–H groups in total. The van der Waals surface area contributed by atoms with Crippen LogP contribution in [-0.4, -0.2) is 57.6 Å². The Labute approximate surface area is 159 Å². The molecule has 1 saturated heterocycles. The third-order valence-corrected chi connectivity index (χ3v) is 5.54. The van der Waals surface area contributed by atoms with Gasteiger partial charge in [-0.15, -0.1) is 0 Å². The van der Waals surface area contributed by atoms with Crippen molar-refractivity contribution in [3.05, 3.63) is 52.3 Å². The van der Waals surface area contributed by atoms with E-state index in [9.17, 15) is 9.59 Å². The van der Waals surface area contributed by atoms with E-state index in [0.29, 0.717) is 26.2 Å². The molecule has 0 bridgehead atoms. The van der Waals surface area contributed by atoms with E-state index in [4.69, 9.17) is 0 Å². The number of carbonyl (C=O) groups excluding carboxylic acids is 2. The Kier molecular flexibility index (Phi) is 4.72. The third kappa shape index (κ3) is 3.48. The zero-order chi connectivity index (χ0) is 19.0. The lowest BCUT2D eigenvalue weighted by Gasteiger charge is -2.35. The Morgan fingerprint density at radius 3 is 2.15 bits per heavy atom. The summed E-state index contributed by atoms with van der Waals surface area (Å²) in [5, 5.41) is 4.38. The summed E-state index contributed by atoms with van der Waals surface area (Å²) >= 11 is 0. The van der Waals surface area contributed by atoms with Crippen LogP contribution in [0, 0.1) is 13.8 Å². The molecule has 3 heterocycles. The second kappa shape index (κ2) is 7.18. The summed E-state index contributed by atoms with van der Waals surface area (Å²) in [6.45, 7) is 7.20. The van der Waals surface area contributed by atoms with Crippen LogP contribution in [0.5, 0.6) is 0 Å². The Balaban J connectivity index is 1.42. The zero-order valence-electron chi connectivity index (χ0n) is 16.1. The normalized spacial score (nSPS) is 17.0. The van der Waals surface area contributed by atoms with E-state index >= 15 is 0 Å². The van der Waals surface area contributed by atoms with Crippen LogP contribution in [0.25, 0.3) is 0 Å². The molecule has 2 aromatic rings. The van der Waals surface area contributed by atoms with Gasteiger partial charge >= 0.3 is 0 Å². The molecule has 6 heteroatoms. The van der Waals surface area contributed by atoms with Crippen LogP contribution in [-0.2, 0) is 13.0 Å². The molecule has 1 aromatic carbocycles. The second-order valence-electron chi connectivity index (χ2n) is 7.65. The Morgan fingerprint density at radius 1 is 0.852 bits per heavy atom. The van der Waals surface area contributed by atoms with Crippen molar-refractivity contribution in [1.29, 1.82) is 0 Å². The number of fused-ring (bicyclic) bond motifs is 1. The lowest BCUT2D eigenvalue weighted by molar-refractivity contribution is 0.0534. The van der Waals surface area contributed by atoms with Crippen molar-refractivity contribution in [3.8, 4) is 0 Å². The van der Waals surface area contributed by atoms with Crippen molar-refractivity contribution in [2.75, 3.05) is 26.2 Å². The largest absolute Gasteiger partial charge is 0.335 e. The van der Waals surface area contributed by atoms with Crippen molar-refractivity contribution in [2.24, 2.45) is 0 Å². The van der Waals surface area contributed by atoms with Crippen LogP contribution in [0.3, 0.4) is 0 Å². The summed E-state index contributed by atoms with van der Waals surface area (Å²) < 4.78 is 1.97. The topological polar surface area (TPSA) is 58.4 Å².